The van der Waals surface area contributed by atoms with Gasteiger partial charge < -0.3 is 5.32 Å². The largest absolute Gasteiger partial charge is 0.325 e. The zero-order valence-corrected chi connectivity index (χ0v) is 21.5. The van der Waals surface area contributed by atoms with E-state index < -0.39 is 0 Å². The summed E-state index contributed by atoms with van der Waals surface area (Å²) in [7, 11) is 0. The fourth-order valence-electron chi connectivity index (χ4n) is 3.87. The second-order valence-electron chi connectivity index (χ2n) is 8.09. The molecule has 170 valence electrons. The molecule has 0 saturated heterocycles. The predicted molar refractivity (Wildman–Crippen MR) is 140 cm³/mol. The molecule has 0 atom stereocenters. The third-order valence-corrected chi connectivity index (χ3v) is 7.82. The second kappa shape index (κ2) is 9.33. The van der Waals surface area contributed by atoms with Crippen molar-refractivity contribution in [3.63, 3.8) is 0 Å². The number of carbonyl (C=O) groups is 1. The fraction of sp³-hybridized carbons (Fsp3) is 0.240. The number of nitrogens with zero attached hydrogens (tertiary/aromatic N) is 2. The summed E-state index contributed by atoms with van der Waals surface area (Å²) in [6.45, 7) is 9.93. The van der Waals surface area contributed by atoms with Gasteiger partial charge in [-0.15, -0.1) is 11.3 Å². The number of thiophene rings is 1. The summed E-state index contributed by atoms with van der Waals surface area (Å²) >= 11 is 8.80. The minimum atomic E-state index is -0.148. The van der Waals surface area contributed by atoms with Gasteiger partial charge in [0.25, 0.3) is 5.56 Å². The highest BCUT2D eigenvalue weighted by molar-refractivity contribution is 7.99. The molecule has 2 heterocycles. The van der Waals surface area contributed by atoms with E-state index in [0.717, 1.165) is 32.8 Å². The monoisotopic (exact) mass is 497 g/mol. The van der Waals surface area contributed by atoms with Crippen molar-refractivity contribution in [2.75, 3.05) is 11.1 Å². The average Bonchev–Trinajstić information content (AvgIpc) is 3.04. The Hall–Kier alpha value is -2.61. The number of aryl methyl sites for hydroxylation is 5. The summed E-state index contributed by atoms with van der Waals surface area (Å²) in [6.07, 6.45) is 0. The summed E-state index contributed by atoms with van der Waals surface area (Å²) in [5.41, 5.74) is 5.49. The van der Waals surface area contributed by atoms with E-state index in [9.17, 15) is 9.59 Å². The molecule has 1 amide bonds. The summed E-state index contributed by atoms with van der Waals surface area (Å²) in [5, 5.41) is 4.70. The maximum atomic E-state index is 13.5. The minimum Gasteiger partial charge on any atom is -0.325 e. The van der Waals surface area contributed by atoms with E-state index >= 15 is 0 Å². The van der Waals surface area contributed by atoms with E-state index in [1.807, 2.05) is 46.8 Å². The van der Waals surface area contributed by atoms with Gasteiger partial charge in [0, 0.05) is 15.6 Å². The number of amides is 1. The third kappa shape index (κ3) is 4.71. The maximum Gasteiger partial charge on any atom is 0.267 e. The van der Waals surface area contributed by atoms with Crippen molar-refractivity contribution < 1.29 is 4.79 Å². The van der Waals surface area contributed by atoms with Gasteiger partial charge in [0.1, 0.15) is 4.83 Å². The lowest BCUT2D eigenvalue weighted by atomic mass is 10.1. The van der Waals surface area contributed by atoms with Crippen LogP contribution in [-0.4, -0.2) is 21.2 Å². The number of thioether (sulfide) groups is 1. The molecule has 0 spiro atoms. The molecular formula is C25H24ClN3O2S2. The van der Waals surface area contributed by atoms with Gasteiger partial charge in [-0.25, -0.2) is 4.98 Å². The van der Waals surface area contributed by atoms with E-state index in [1.165, 1.54) is 23.1 Å². The van der Waals surface area contributed by atoms with Gasteiger partial charge >= 0.3 is 0 Å². The van der Waals surface area contributed by atoms with Crippen molar-refractivity contribution in [2.45, 2.75) is 39.8 Å². The molecule has 0 unspecified atom stereocenters. The van der Waals surface area contributed by atoms with Crippen LogP contribution in [0.2, 0.25) is 5.02 Å². The normalized spacial score (nSPS) is 11.2. The first-order valence-electron chi connectivity index (χ1n) is 10.4. The smallest absolute Gasteiger partial charge is 0.267 e. The molecule has 0 aliphatic carbocycles. The maximum absolute atomic E-state index is 13.5. The van der Waals surface area contributed by atoms with E-state index in [4.69, 9.17) is 16.6 Å². The Morgan fingerprint density at radius 1 is 1.09 bits per heavy atom. The van der Waals surface area contributed by atoms with Crippen LogP contribution in [-0.2, 0) is 4.79 Å². The average molecular weight is 498 g/mol. The number of fused-ring (bicyclic) bond motifs is 1. The molecule has 0 saturated carbocycles. The molecule has 2 aromatic heterocycles. The quantitative estimate of drug-likeness (QED) is 0.257. The molecule has 8 heteroatoms. The van der Waals surface area contributed by atoms with Crippen LogP contribution in [0.15, 0.2) is 46.3 Å². The minimum absolute atomic E-state index is 0.127. The molecule has 33 heavy (non-hydrogen) atoms. The van der Waals surface area contributed by atoms with Crippen LogP contribution in [0.1, 0.15) is 27.1 Å². The summed E-state index contributed by atoms with van der Waals surface area (Å²) in [4.78, 5) is 32.8. The lowest BCUT2D eigenvalue weighted by Gasteiger charge is -2.14. The molecule has 4 aromatic rings. The number of benzene rings is 2. The Labute approximate surface area is 205 Å². The molecule has 2 aromatic carbocycles. The number of aromatic nitrogens is 2. The van der Waals surface area contributed by atoms with Gasteiger partial charge in [0.05, 0.1) is 16.8 Å². The number of nitrogens with one attached hydrogen (secondary N) is 1. The zero-order chi connectivity index (χ0) is 23.9. The highest BCUT2D eigenvalue weighted by atomic mass is 35.5. The first-order valence-corrected chi connectivity index (χ1v) is 12.6. The Balaban J connectivity index is 1.70. The van der Waals surface area contributed by atoms with E-state index in [0.29, 0.717) is 26.1 Å². The number of carbonyl (C=O) groups excluding carboxylic acids is 1. The molecular weight excluding hydrogens is 474 g/mol. The number of halogens is 1. The van der Waals surface area contributed by atoms with Crippen LogP contribution in [0, 0.1) is 34.6 Å². The van der Waals surface area contributed by atoms with Crippen molar-refractivity contribution in [2.24, 2.45) is 0 Å². The van der Waals surface area contributed by atoms with Crippen molar-refractivity contribution in [1.82, 2.24) is 9.55 Å². The molecule has 0 radical (unpaired) electrons. The Morgan fingerprint density at radius 2 is 1.73 bits per heavy atom. The first kappa shape index (κ1) is 23.5. The lowest BCUT2D eigenvalue weighted by Crippen LogP contribution is -2.23. The number of rotatable bonds is 5. The highest BCUT2D eigenvalue weighted by Crippen LogP contribution is 2.30. The number of anilines is 1. The Bertz CT molecular complexity index is 1420. The van der Waals surface area contributed by atoms with Crippen molar-refractivity contribution in [3.05, 3.63) is 78.9 Å². The standard InChI is InChI=1S/C25H24ClN3O2S2/c1-13-10-14(2)22(15(3)11-13)27-20(30)12-32-25-28-23-21(16(4)17(5)33-23)24(31)29(25)19-8-6-18(26)7-9-19/h6-11H,12H2,1-5H3,(H,27,30). The molecule has 0 fully saturated rings. The number of hydrogen-bond acceptors (Lipinski definition) is 5. The van der Waals surface area contributed by atoms with Gasteiger partial charge in [0.2, 0.25) is 5.91 Å². The number of hydrogen-bond donors (Lipinski definition) is 1. The SMILES string of the molecule is Cc1cc(C)c(NC(=O)CSc2nc3sc(C)c(C)c3c(=O)n2-c2ccc(Cl)cc2)c(C)c1. The second-order valence-corrected chi connectivity index (χ2v) is 10.7. The van der Waals surface area contributed by atoms with Crippen molar-refractivity contribution in [3.8, 4) is 5.69 Å². The van der Waals surface area contributed by atoms with Gasteiger partial charge in [-0.05, 0) is 75.6 Å². The Morgan fingerprint density at radius 3 is 2.36 bits per heavy atom. The van der Waals surface area contributed by atoms with Gasteiger partial charge in [0.15, 0.2) is 5.16 Å². The first-order chi connectivity index (χ1) is 15.7. The summed E-state index contributed by atoms with van der Waals surface area (Å²) in [5.74, 6) is -0.0210. The van der Waals surface area contributed by atoms with Crippen LogP contribution in [0.25, 0.3) is 15.9 Å². The Kier molecular flexibility index (Phi) is 6.66. The lowest BCUT2D eigenvalue weighted by molar-refractivity contribution is -0.113. The van der Waals surface area contributed by atoms with E-state index in [1.54, 1.807) is 28.8 Å². The van der Waals surface area contributed by atoms with Crippen molar-refractivity contribution in [1.29, 1.82) is 0 Å². The van der Waals surface area contributed by atoms with Crippen LogP contribution in [0.5, 0.6) is 0 Å². The molecule has 4 rings (SSSR count). The third-order valence-electron chi connectivity index (χ3n) is 5.53. The van der Waals surface area contributed by atoms with Gasteiger partial charge in [-0.3, -0.25) is 14.2 Å². The van der Waals surface area contributed by atoms with Crippen molar-refractivity contribution >= 4 is 56.5 Å². The van der Waals surface area contributed by atoms with Crippen LogP contribution < -0.4 is 10.9 Å². The zero-order valence-electron chi connectivity index (χ0n) is 19.1. The molecule has 0 aliphatic rings. The van der Waals surface area contributed by atoms with Gasteiger partial charge in [-0.1, -0.05) is 41.1 Å². The van der Waals surface area contributed by atoms with Crippen LogP contribution in [0.4, 0.5) is 5.69 Å². The summed E-state index contributed by atoms with van der Waals surface area (Å²) in [6, 6.07) is 11.1. The molecule has 0 aliphatic heterocycles. The summed E-state index contributed by atoms with van der Waals surface area (Å²) < 4.78 is 1.57. The van der Waals surface area contributed by atoms with Gasteiger partial charge in [-0.2, -0.15) is 0 Å². The van der Waals surface area contributed by atoms with E-state index in [2.05, 4.69) is 5.32 Å². The van der Waals surface area contributed by atoms with Crippen LogP contribution >= 0.6 is 34.7 Å². The molecule has 1 N–H and O–H groups in total. The predicted octanol–water partition coefficient (Wildman–Crippen LogP) is 6.37. The highest BCUT2D eigenvalue weighted by Gasteiger charge is 2.19. The van der Waals surface area contributed by atoms with E-state index in [-0.39, 0.29) is 17.2 Å². The topological polar surface area (TPSA) is 64.0 Å². The molecule has 0 bridgehead atoms. The molecule has 5 nitrogen and oxygen atoms in total. The van der Waals surface area contributed by atoms with Crippen LogP contribution in [0.3, 0.4) is 0 Å². The fourth-order valence-corrected chi connectivity index (χ4v) is 5.88.